The number of ketones is 2. The van der Waals surface area contributed by atoms with Crippen LogP contribution in [-0.4, -0.2) is 38.8 Å². The minimum absolute atomic E-state index is 0.115. The van der Waals surface area contributed by atoms with Gasteiger partial charge in [-0.1, -0.05) is 78.1 Å². The summed E-state index contributed by atoms with van der Waals surface area (Å²) in [5.74, 6) is 0.229. The fourth-order valence-electron chi connectivity index (χ4n) is 4.33. The third kappa shape index (κ3) is 8.85. The molecule has 4 nitrogen and oxygen atoms in total. The third-order valence-corrected chi connectivity index (χ3v) is 6.09. The van der Waals surface area contributed by atoms with Crippen LogP contribution < -0.4 is 10.6 Å². The Morgan fingerprint density at radius 1 is 0.500 bits per heavy atom. The van der Waals surface area contributed by atoms with Crippen molar-refractivity contribution in [1.82, 2.24) is 10.6 Å². The van der Waals surface area contributed by atoms with Gasteiger partial charge in [0.15, 0.2) is 11.6 Å². The molecule has 2 N–H and O–H groups in total. The summed E-state index contributed by atoms with van der Waals surface area (Å²) < 4.78 is 0. The molecule has 0 aromatic rings. The van der Waals surface area contributed by atoms with Crippen LogP contribution in [0.1, 0.15) is 104 Å². The van der Waals surface area contributed by atoms with Crippen LogP contribution in [0.2, 0.25) is 0 Å². The molecule has 0 bridgehead atoms. The summed E-state index contributed by atoms with van der Waals surface area (Å²) in [6, 6.07) is 0. The first kappa shape index (κ1) is 26.8. The van der Waals surface area contributed by atoms with E-state index in [-0.39, 0.29) is 11.6 Å². The van der Waals surface area contributed by atoms with Crippen molar-refractivity contribution in [3.63, 3.8) is 0 Å². The van der Waals surface area contributed by atoms with E-state index in [0.29, 0.717) is 13.1 Å². The van der Waals surface area contributed by atoms with Crippen LogP contribution >= 0.6 is 0 Å². The number of hydrogen-bond donors (Lipinski definition) is 2. The lowest BCUT2D eigenvalue weighted by Crippen LogP contribution is -2.32. The second kappa shape index (κ2) is 16.4. The fourth-order valence-corrected chi connectivity index (χ4v) is 4.33. The highest BCUT2D eigenvalue weighted by atomic mass is 16.1. The van der Waals surface area contributed by atoms with Crippen molar-refractivity contribution in [3.8, 4) is 0 Å². The van der Waals surface area contributed by atoms with Crippen LogP contribution in [-0.2, 0) is 9.59 Å². The number of unbranched alkanes of at least 4 members (excludes halogenated alkanes) is 10. The molecule has 0 fully saturated rings. The van der Waals surface area contributed by atoms with E-state index < -0.39 is 0 Å². The lowest BCUT2D eigenvalue weighted by molar-refractivity contribution is -0.116. The Labute approximate surface area is 185 Å². The number of nitrogens with one attached hydrogen (secondary N) is 2. The van der Waals surface area contributed by atoms with Crippen LogP contribution in [0.15, 0.2) is 22.3 Å². The lowest BCUT2D eigenvalue weighted by atomic mass is 9.80. The van der Waals surface area contributed by atoms with Crippen molar-refractivity contribution < 1.29 is 9.59 Å². The maximum Gasteiger partial charge on any atom is 0.187 e. The minimum atomic E-state index is 0.115. The summed E-state index contributed by atoms with van der Waals surface area (Å²) in [5.41, 5.74) is 2.97. The van der Waals surface area contributed by atoms with Crippen LogP contribution in [0, 0.1) is 0 Å². The molecule has 0 atom stereocenters. The van der Waals surface area contributed by atoms with Gasteiger partial charge in [0.05, 0.1) is 0 Å². The zero-order chi connectivity index (χ0) is 22.2. The highest BCUT2D eigenvalue weighted by molar-refractivity contribution is 6.25. The first-order valence-corrected chi connectivity index (χ1v) is 12.4. The van der Waals surface area contributed by atoms with E-state index in [1.807, 2.05) is 14.1 Å². The summed E-state index contributed by atoms with van der Waals surface area (Å²) in [5, 5.41) is 6.25. The molecule has 0 aliphatic heterocycles. The molecule has 0 spiro atoms. The number of Topliss-reactive ketones (excluding diaryl/α,β-unsaturated/α-hetero) is 2. The Bertz CT molecular complexity index is 538. The van der Waals surface area contributed by atoms with Crippen molar-refractivity contribution in [1.29, 1.82) is 0 Å². The largest absolute Gasteiger partial charge is 0.316 e. The topological polar surface area (TPSA) is 58.2 Å². The highest BCUT2D eigenvalue weighted by Crippen LogP contribution is 2.31. The maximum atomic E-state index is 13.4. The summed E-state index contributed by atoms with van der Waals surface area (Å²) >= 11 is 0. The standard InChI is InChI=1S/C26H46N2O2/c1-5-7-9-11-13-15-17-21-23(19-27-3)26(30)22(24(20-28-4)25(21)29)18-16-14-12-10-8-6-2/h27-28H,5-20H2,1-4H3. The molecule has 30 heavy (non-hydrogen) atoms. The van der Waals surface area contributed by atoms with Gasteiger partial charge in [-0.15, -0.1) is 0 Å². The first-order valence-electron chi connectivity index (χ1n) is 12.4. The average molecular weight is 419 g/mol. The van der Waals surface area contributed by atoms with E-state index in [9.17, 15) is 9.59 Å². The van der Waals surface area contributed by atoms with E-state index >= 15 is 0 Å². The SMILES string of the molecule is CCCCCCCCC1=C(CNC)C(=O)C(CCCCCCCC)=C(CNC)C1=O. The van der Waals surface area contributed by atoms with Crippen molar-refractivity contribution in [3.05, 3.63) is 22.3 Å². The highest BCUT2D eigenvalue weighted by Gasteiger charge is 2.32. The molecule has 0 amide bonds. The summed E-state index contributed by atoms with van der Waals surface area (Å²) in [6.45, 7) is 5.42. The van der Waals surface area contributed by atoms with Crippen LogP contribution in [0.25, 0.3) is 0 Å². The molecule has 0 radical (unpaired) electrons. The average Bonchev–Trinajstić information content (AvgIpc) is 2.74. The van der Waals surface area contributed by atoms with Gasteiger partial charge in [-0.3, -0.25) is 9.59 Å². The van der Waals surface area contributed by atoms with Crippen LogP contribution in [0.5, 0.6) is 0 Å². The van der Waals surface area contributed by atoms with Gasteiger partial charge in [-0.25, -0.2) is 0 Å². The molecule has 1 rings (SSSR count). The molecule has 1 aliphatic rings. The van der Waals surface area contributed by atoms with Crippen LogP contribution in [0.3, 0.4) is 0 Å². The molecule has 0 unspecified atom stereocenters. The van der Waals surface area contributed by atoms with Gasteiger partial charge in [0.2, 0.25) is 0 Å². The van der Waals surface area contributed by atoms with E-state index in [4.69, 9.17) is 0 Å². The van der Waals surface area contributed by atoms with E-state index in [2.05, 4.69) is 24.5 Å². The number of likely N-dealkylation sites (N-methyl/N-ethyl adjacent to an activating group) is 2. The molecule has 172 valence electrons. The van der Waals surface area contributed by atoms with Crippen molar-refractivity contribution in [2.45, 2.75) is 104 Å². The second-order valence-electron chi connectivity index (χ2n) is 8.67. The molecule has 0 saturated carbocycles. The minimum Gasteiger partial charge on any atom is -0.316 e. The number of rotatable bonds is 18. The Morgan fingerprint density at radius 2 is 0.833 bits per heavy atom. The molecule has 1 aliphatic carbocycles. The molecular formula is C26H46N2O2. The molecule has 0 aromatic heterocycles. The smallest absolute Gasteiger partial charge is 0.187 e. The monoisotopic (exact) mass is 418 g/mol. The van der Waals surface area contributed by atoms with Gasteiger partial charge in [0, 0.05) is 35.4 Å². The quantitative estimate of drug-likeness (QED) is 0.222. The maximum absolute atomic E-state index is 13.4. The van der Waals surface area contributed by atoms with Crippen molar-refractivity contribution >= 4 is 11.6 Å². The Hall–Kier alpha value is -1.26. The Morgan fingerprint density at radius 3 is 1.17 bits per heavy atom. The van der Waals surface area contributed by atoms with Crippen molar-refractivity contribution in [2.24, 2.45) is 0 Å². The van der Waals surface area contributed by atoms with Gasteiger partial charge < -0.3 is 10.6 Å². The van der Waals surface area contributed by atoms with Crippen LogP contribution in [0.4, 0.5) is 0 Å². The number of carbonyl (C=O) groups excluding carboxylic acids is 2. The molecule has 0 saturated heterocycles. The summed E-state index contributed by atoms with van der Waals surface area (Å²) in [7, 11) is 3.71. The van der Waals surface area contributed by atoms with Gasteiger partial charge in [-0.2, -0.15) is 0 Å². The zero-order valence-corrected chi connectivity index (χ0v) is 20.1. The molecular weight excluding hydrogens is 372 g/mol. The third-order valence-electron chi connectivity index (χ3n) is 6.09. The van der Waals surface area contributed by atoms with E-state index in [0.717, 1.165) is 60.8 Å². The number of allylic oxidation sites excluding steroid dienone is 2. The second-order valence-corrected chi connectivity index (χ2v) is 8.67. The van der Waals surface area contributed by atoms with E-state index in [1.54, 1.807) is 0 Å². The number of hydrogen-bond acceptors (Lipinski definition) is 4. The molecule has 0 heterocycles. The summed E-state index contributed by atoms with van der Waals surface area (Å²) in [6.07, 6.45) is 15.7. The fraction of sp³-hybridized carbons (Fsp3) is 0.769. The molecule has 4 heteroatoms. The Balaban J connectivity index is 2.85. The lowest BCUT2D eigenvalue weighted by Gasteiger charge is -2.24. The van der Waals surface area contributed by atoms with Gasteiger partial charge >= 0.3 is 0 Å². The molecule has 0 aromatic carbocycles. The summed E-state index contributed by atoms with van der Waals surface area (Å²) in [4.78, 5) is 26.7. The van der Waals surface area contributed by atoms with Gasteiger partial charge in [0.25, 0.3) is 0 Å². The Kier molecular flexibility index (Phi) is 14.7. The predicted octanol–water partition coefficient (Wildman–Crippen LogP) is 5.67. The zero-order valence-electron chi connectivity index (χ0n) is 20.1. The van der Waals surface area contributed by atoms with Gasteiger partial charge in [-0.05, 0) is 39.8 Å². The van der Waals surface area contributed by atoms with Crippen molar-refractivity contribution in [2.75, 3.05) is 27.2 Å². The van der Waals surface area contributed by atoms with E-state index in [1.165, 1.54) is 51.4 Å². The van der Waals surface area contributed by atoms with Gasteiger partial charge in [0.1, 0.15) is 0 Å². The number of carbonyl (C=O) groups is 2. The predicted molar refractivity (Wildman–Crippen MR) is 128 cm³/mol. The first-order chi connectivity index (χ1) is 14.6. The normalized spacial score (nSPS) is 14.9.